The van der Waals surface area contributed by atoms with Crippen LogP contribution in [0.25, 0.3) is 0 Å². The molecule has 1 unspecified atom stereocenters. The summed E-state index contributed by atoms with van der Waals surface area (Å²) >= 11 is 6.17. The van der Waals surface area contributed by atoms with Crippen LogP contribution in [0.5, 0.6) is 0 Å². The molecule has 2 rings (SSSR count). The van der Waals surface area contributed by atoms with Crippen LogP contribution in [-0.2, 0) is 6.42 Å². The van der Waals surface area contributed by atoms with Crippen molar-refractivity contribution >= 4 is 11.6 Å². The van der Waals surface area contributed by atoms with Crippen molar-refractivity contribution in [2.75, 3.05) is 0 Å². The average molecular weight is 217 g/mol. The van der Waals surface area contributed by atoms with Gasteiger partial charge in [0, 0.05) is 0 Å². The van der Waals surface area contributed by atoms with E-state index >= 15 is 0 Å². The minimum Gasteiger partial charge on any atom is -0.204 e. The Labute approximate surface area is 86.9 Å². The molecule has 1 atom stereocenters. The molecule has 0 amide bonds. The number of rotatable bonds is 0. The van der Waals surface area contributed by atoms with E-state index in [2.05, 4.69) is 0 Å². The fourth-order valence-corrected chi connectivity index (χ4v) is 2.27. The lowest BCUT2D eigenvalue weighted by molar-refractivity contribution is 0.379. The van der Waals surface area contributed by atoms with Gasteiger partial charge in [-0.15, -0.1) is 11.6 Å². The molecule has 0 aliphatic heterocycles. The maximum atomic E-state index is 13.0. The molecule has 1 aromatic rings. The van der Waals surface area contributed by atoms with Gasteiger partial charge in [0.25, 0.3) is 0 Å². The highest BCUT2D eigenvalue weighted by atomic mass is 35.5. The molecule has 1 aliphatic rings. The maximum Gasteiger partial charge on any atom is 0.159 e. The Balaban J connectivity index is 2.55. The molecular weight excluding hydrogens is 206 g/mol. The Hall–Kier alpha value is -0.630. The summed E-state index contributed by atoms with van der Waals surface area (Å²) in [5.41, 5.74) is 1.44. The van der Waals surface area contributed by atoms with E-state index in [1.807, 2.05) is 13.8 Å². The number of fused-ring (bicyclic) bond motifs is 1. The molecule has 0 fully saturated rings. The van der Waals surface area contributed by atoms with Gasteiger partial charge in [-0.2, -0.15) is 0 Å². The number of hydrogen-bond acceptors (Lipinski definition) is 0. The van der Waals surface area contributed by atoms with E-state index in [9.17, 15) is 8.78 Å². The van der Waals surface area contributed by atoms with Crippen molar-refractivity contribution in [2.45, 2.75) is 25.6 Å². The minimum absolute atomic E-state index is 0.121. The standard InChI is InChI=1S/C11H11ClF2/c1-11(2)5-6-3-8(13)9(14)4-7(6)10(11)12/h3-4,10H,5H2,1-2H3. The number of halogens is 3. The van der Waals surface area contributed by atoms with Crippen molar-refractivity contribution in [3.8, 4) is 0 Å². The summed E-state index contributed by atoms with van der Waals surface area (Å²) in [6.07, 6.45) is 0.702. The summed E-state index contributed by atoms with van der Waals surface area (Å²) in [6.45, 7) is 4.00. The topological polar surface area (TPSA) is 0 Å². The second-order valence-electron chi connectivity index (χ2n) is 4.49. The highest BCUT2D eigenvalue weighted by molar-refractivity contribution is 6.21. The second kappa shape index (κ2) is 2.93. The molecular formula is C11H11ClF2. The Kier molecular flexibility index (Phi) is 2.07. The van der Waals surface area contributed by atoms with Crippen molar-refractivity contribution in [3.05, 3.63) is 34.9 Å². The van der Waals surface area contributed by atoms with Gasteiger partial charge in [-0.05, 0) is 35.1 Å². The molecule has 0 N–H and O–H groups in total. The Morgan fingerprint density at radius 2 is 1.86 bits per heavy atom. The number of hydrogen-bond donors (Lipinski definition) is 0. The largest absolute Gasteiger partial charge is 0.204 e. The van der Waals surface area contributed by atoms with Gasteiger partial charge < -0.3 is 0 Å². The first-order valence-corrected chi connectivity index (χ1v) is 4.97. The average Bonchev–Trinajstić information content (AvgIpc) is 2.28. The van der Waals surface area contributed by atoms with Crippen LogP contribution in [-0.4, -0.2) is 0 Å². The molecule has 0 heterocycles. The summed E-state index contributed by atoms with van der Waals surface area (Å²) in [5.74, 6) is -1.60. The van der Waals surface area contributed by atoms with Crippen LogP contribution < -0.4 is 0 Å². The molecule has 0 saturated heterocycles. The van der Waals surface area contributed by atoms with Gasteiger partial charge in [0.05, 0.1) is 5.38 Å². The van der Waals surface area contributed by atoms with Crippen LogP contribution in [0.4, 0.5) is 8.78 Å². The van der Waals surface area contributed by atoms with E-state index in [-0.39, 0.29) is 10.8 Å². The minimum atomic E-state index is -0.813. The van der Waals surface area contributed by atoms with Crippen molar-refractivity contribution in [1.82, 2.24) is 0 Å². The molecule has 0 spiro atoms. The lowest BCUT2D eigenvalue weighted by Crippen LogP contribution is -2.12. The molecule has 0 saturated carbocycles. The van der Waals surface area contributed by atoms with Crippen molar-refractivity contribution in [2.24, 2.45) is 5.41 Å². The van der Waals surface area contributed by atoms with Gasteiger partial charge in [-0.1, -0.05) is 13.8 Å². The first-order valence-electron chi connectivity index (χ1n) is 4.54. The molecule has 0 aromatic heterocycles. The molecule has 76 valence electrons. The van der Waals surface area contributed by atoms with Crippen LogP contribution in [0.1, 0.15) is 30.4 Å². The summed E-state index contributed by atoms with van der Waals surface area (Å²) < 4.78 is 25.9. The smallest absolute Gasteiger partial charge is 0.159 e. The third-order valence-corrected chi connectivity index (χ3v) is 3.61. The van der Waals surface area contributed by atoms with Crippen LogP contribution >= 0.6 is 11.6 Å². The van der Waals surface area contributed by atoms with Crippen LogP contribution in [0.2, 0.25) is 0 Å². The Morgan fingerprint density at radius 3 is 2.50 bits per heavy atom. The SMILES string of the molecule is CC1(C)Cc2cc(F)c(F)cc2C1Cl. The van der Waals surface area contributed by atoms with Crippen LogP contribution in [0.3, 0.4) is 0 Å². The monoisotopic (exact) mass is 216 g/mol. The third kappa shape index (κ3) is 1.33. The summed E-state index contributed by atoms with van der Waals surface area (Å²) in [4.78, 5) is 0. The van der Waals surface area contributed by atoms with Crippen molar-refractivity contribution in [1.29, 1.82) is 0 Å². The molecule has 0 bridgehead atoms. The molecule has 1 aliphatic carbocycles. The third-order valence-electron chi connectivity index (χ3n) is 2.79. The first kappa shape index (κ1) is 9.91. The van der Waals surface area contributed by atoms with E-state index in [1.165, 1.54) is 12.1 Å². The molecule has 3 heteroatoms. The van der Waals surface area contributed by atoms with Gasteiger partial charge in [0.15, 0.2) is 11.6 Å². The highest BCUT2D eigenvalue weighted by Crippen LogP contribution is 2.49. The second-order valence-corrected chi connectivity index (χ2v) is 4.93. The molecule has 0 nitrogen and oxygen atoms in total. The normalized spacial score (nSPS) is 23.6. The lowest BCUT2D eigenvalue weighted by Gasteiger charge is -2.21. The van der Waals surface area contributed by atoms with E-state index in [0.717, 1.165) is 11.1 Å². The zero-order valence-electron chi connectivity index (χ0n) is 8.07. The van der Waals surface area contributed by atoms with E-state index < -0.39 is 11.6 Å². The number of benzene rings is 1. The van der Waals surface area contributed by atoms with Crippen molar-refractivity contribution < 1.29 is 8.78 Å². The van der Waals surface area contributed by atoms with E-state index in [1.54, 1.807) is 0 Å². The predicted molar refractivity (Wildman–Crippen MR) is 52.4 cm³/mol. The lowest BCUT2D eigenvalue weighted by atomic mass is 9.90. The number of alkyl halides is 1. The maximum absolute atomic E-state index is 13.0. The van der Waals surface area contributed by atoms with Crippen molar-refractivity contribution in [3.63, 3.8) is 0 Å². The first-order chi connectivity index (χ1) is 6.42. The predicted octanol–water partition coefficient (Wildman–Crippen LogP) is 3.83. The Bertz CT molecular complexity index is 385. The Morgan fingerprint density at radius 1 is 1.29 bits per heavy atom. The fraction of sp³-hybridized carbons (Fsp3) is 0.455. The van der Waals surface area contributed by atoms with Gasteiger partial charge in [-0.3, -0.25) is 0 Å². The van der Waals surface area contributed by atoms with Crippen LogP contribution in [0, 0.1) is 17.0 Å². The van der Waals surface area contributed by atoms with Gasteiger partial charge in [0.2, 0.25) is 0 Å². The van der Waals surface area contributed by atoms with Gasteiger partial charge >= 0.3 is 0 Å². The molecule has 0 radical (unpaired) electrons. The zero-order valence-corrected chi connectivity index (χ0v) is 8.83. The fourth-order valence-electron chi connectivity index (χ4n) is 1.99. The highest BCUT2D eigenvalue weighted by Gasteiger charge is 2.38. The zero-order chi connectivity index (χ0) is 10.5. The summed E-state index contributed by atoms with van der Waals surface area (Å²) in [5, 5.41) is -0.229. The summed E-state index contributed by atoms with van der Waals surface area (Å²) in [6, 6.07) is 2.48. The van der Waals surface area contributed by atoms with E-state index in [0.29, 0.717) is 6.42 Å². The van der Waals surface area contributed by atoms with Gasteiger partial charge in [-0.25, -0.2) is 8.78 Å². The van der Waals surface area contributed by atoms with Crippen LogP contribution in [0.15, 0.2) is 12.1 Å². The molecule has 14 heavy (non-hydrogen) atoms. The van der Waals surface area contributed by atoms with Gasteiger partial charge in [0.1, 0.15) is 0 Å². The summed E-state index contributed by atoms with van der Waals surface area (Å²) in [7, 11) is 0. The van der Waals surface area contributed by atoms with E-state index in [4.69, 9.17) is 11.6 Å². The quantitative estimate of drug-likeness (QED) is 0.579. The molecule has 1 aromatic carbocycles.